The lowest BCUT2D eigenvalue weighted by molar-refractivity contribution is 0.0941. The zero-order chi connectivity index (χ0) is 19.1. The number of nitrogens with zero attached hydrogens (tertiary/aromatic N) is 2. The van der Waals surface area contributed by atoms with Gasteiger partial charge in [0.2, 0.25) is 0 Å². The van der Waals surface area contributed by atoms with Crippen molar-refractivity contribution in [1.82, 2.24) is 10.2 Å². The molecule has 5 nitrogen and oxygen atoms in total. The Hall–Kier alpha value is -2.84. The first kappa shape index (κ1) is 18.9. The van der Waals surface area contributed by atoms with Gasteiger partial charge in [0, 0.05) is 23.7 Å². The highest BCUT2D eigenvalue weighted by Crippen LogP contribution is 2.18. The fourth-order valence-corrected chi connectivity index (χ4v) is 3.50. The van der Waals surface area contributed by atoms with Gasteiger partial charge in [-0.15, -0.1) is 0 Å². The molecule has 0 aromatic heterocycles. The van der Waals surface area contributed by atoms with E-state index in [-0.39, 0.29) is 5.91 Å². The van der Waals surface area contributed by atoms with Crippen LogP contribution in [0, 0.1) is 11.3 Å². The summed E-state index contributed by atoms with van der Waals surface area (Å²) in [4.78, 5) is 14.9. The lowest BCUT2D eigenvalue weighted by Gasteiger charge is -2.22. The molecule has 140 valence electrons. The molecule has 1 fully saturated rings. The zero-order valence-electron chi connectivity index (χ0n) is 15.6. The topological polar surface area (TPSA) is 65.4 Å². The van der Waals surface area contributed by atoms with Crippen LogP contribution in [0.5, 0.6) is 5.75 Å². The van der Waals surface area contributed by atoms with Crippen LogP contribution in [0.3, 0.4) is 0 Å². The molecule has 0 radical (unpaired) electrons. The van der Waals surface area contributed by atoms with Gasteiger partial charge in [-0.1, -0.05) is 31.2 Å². The van der Waals surface area contributed by atoms with Crippen molar-refractivity contribution in [2.45, 2.75) is 32.4 Å². The van der Waals surface area contributed by atoms with Gasteiger partial charge < -0.3 is 10.1 Å². The summed E-state index contributed by atoms with van der Waals surface area (Å²) in [7, 11) is 0. The van der Waals surface area contributed by atoms with Crippen molar-refractivity contribution in [3.8, 4) is 11.8 Å². The van der Waals surface area contributed by atoms with E-state index in [1.165, 1.54) is 6.42 Å². The number of benzene rings is 2. The number of nitriles is 1. The highest BCUT2D eigenvalue weighted by molar-refractivity contribution is 5.94. The summed E-state index contributed by atoms with van der Waals surface area (Å²) in [6, 6.07) is 17.1. The van der Waals surface area contributed by atoms with E-state index in [9.17, 15) is 4.79 Å². The number of nitrogens with one attached hydrogen (secondary N) is 1. The molecule has 0 bridgehead atoms. The number of hydrogen-bond donors (Lipinski definition) is 1. The first-order valence-electron chi connectivity index (χ1n) is 9.44. The molecule has 1 amide bonds. The Balaban J connectivity index is 1.58. The van der Waals surface area contributed by atoms with Gasteiger partial charge in [0.25, 0.3) is 5.91 Å². The Bertz CT molecular complexity index is 828. The maximum Gasteiger partial charge on any atom is 0.251 e. The highest BCUT2D eigenvalue weighted by atomic mass is 16.5. The van der Waals surface area contributed by atoms with Crippen LogP contribution in [-0.2, 0) is 6.61 Å². The highest BCUT2D eigenvalue weighted by Gasteiger charge is 2.23. The van der Waals surface area contributed by atoms with E-state index in [1.807, 2.05) is 30.3 Å². The molecule has 1 saturated heterocycles. The molecule has 1 N–H and O–H groups in total. The summed E-state index contributed by atoms with van der Waals surface area (Å²) in [6.45, 7) is 5.26. The van der Waals surface area contributed by atoms with Crippen molar-refractivity contribution in [1.29, 1.82) is 5.26 Å². The summed E-state index contributed by atoms with van der Waals surface area (Å²) in [5, 5.41) is 12.2. The lowest BCUT2D eigenvalue weighted by Crippen LogP contribution is -2.40. The third-order valence-electron chi connectivity index (χ3n) is 5.03. The van der Waals surface area contributed by atoms with Crippen molar-refractivity contribution in [2.75, 3.05) is 19.6 Å². The number of likely N-dealkylation sites (N-methyl/N-ethyl adjacent to an activating group) is 1. The Morgan fingerprint density at radius 3 is 2.96 bits per heavy atom. The van der Waals surface area contributed by atoms with Gasteiger partial charge in [-0.25, -0.2) is 0 Å². The fraction of sp³-hybridized carbons (Fsp3) is 0.364. The van der Waals surface area contributed by atoms with Gasteiger partial charge in [-0.3, -0.25) is 9.69 Å². The van der Waals surface area contributed by atoms with Crippen molar-refractivity contribution in [2.24, 2.45) is 0 Å². The number of carbonyl (C=O) groups excluding carboxylic acids is 1. The van der Waals surface area contributed by atoms with Crippen LogP contribution in [0.15, 0.2) is 48.5 Å². The molecule has 3 rings (SSSR count). The Kier molecular flexibility index (Phi) is 6.45. The Labute approximate surface area is 160 Å². The Morgan fingerprint density at radius 1 is 1.30 bits per heavy atom. The molecule has 1 aliphatic heterocycles. The molecule has 0 aliphatic carbocycles. The van der Waals surface area contributed by atoms with Crippen LogP contribution in [-0.4, -0.2) is 36.5 Å². The van der Waals surface area contributed by atoms with Crippen molar-refractivity contribution in [3.05, 3.63) is 65.2 Å². The van der Waals surface area contributed by atoms with Gasteiger partial charge >= 0.3 is 0 Å². The molecule has 1 heterocycles. The van der Waals surface area contributed by atoms with Gasteiger partial charge in [-0.2, -0.15) is 5.26 Å². The number of ether oxygens (including phenoxy) is 1. The molecule has 1 atom stereocenters. The van der Waals surface area contributed by atoms with Gasteiger partial charge in [-0.05, 0) is 50.2 Å². The zero-order valence-corrected chi connectivity index (χ0v) is 15.6. The predicted molar refractivity (Wildman–Crippen MR) is 105 cm³/mol. The Morgan fingerprint density at radius 2 is 2.15 bits per heavy atom. The van der Waals surface area contributed by atoms with Crippen LogP contribution >= 0.6 is 0 Å². The molecule has 1 aliphatic rings. The molecule has 5 heteroatoms. The largest absolute Gasteiger partial charge is 0.489 e. The summed E-state index contributed by atoms with van der Waals surface area (Å²) in [5.41, 5.74) is 2.02. The number of likely N-dealkylation sites (tertiary alicyclic amines) is 1. The minimum Gasteiger partial charge on any atom is -0.489 e. The first-order valence-corrected chi connectivity index (χ1v) is 9.44. The SMILES string of the molecule is CCN1CCCC1CNC(=O)c1cccc(OCc2ccccc2C#N)c1. The van der Waals surface area contributed by atoms with Crippen LogP contribution in [0.4, 0.5) is 0 Å². The van der Waals surface area contributed by atoms with E-state index in [4.69, 9.17) is 10.00 Å². The van der Waals surface area contributed by atoms with E-state index in [2.05, 4.69) is 23.2 Å². The maximum absolute atomic E-state index is 12.5. The second-order valence-electron chi connectivity index (χ2n) is 6.72. The molecule has 1 unspecified atom stereocenters. The normalized spacial score (nSPS) is 16.7. The summed E-state index contributed by atoms with van der Waals surface area (Å²) in [6.07, 6.45) is 2.33. The molecule has 2 aromatic rings. The number of carbonyl (C=O) groups is 1. The van der Waals surface area contributed by atoms with Gasteiger partial charge in [0.15, 0.2) is 0 Å². The van der Waals surface area contributed by atoms with Crippen LogP contribution < -0.4 is 10.1 Å². The van der Waals surface area contributed by atoms with E-state index < -0.39 is 0 Å². The minimum absolute atomic E-state index is 0.0826. The number of hydrogen-bond acceptors (Lipinski definition) is 4. The standard InChI is InChI=1S/C22H25N3O2/c1-2-25-12-6-10-20(25)15-24-22(26)17-9-5-11-21(13-17)27-16-19-8-4-3-7-18(19)14-23/h3-5,7-9,11,13,20H,2,6,10,12,15-16H2,1H3,(H,24,26). The van der Waals surface area contributed by atoms with Crippen LogP contribution in [0.1, 0.15) is 41.3 Å². The number of rotatable bonds is 7. The second kappa shape index (κ2) is 9.20. The average Bonchev–Trinajstić information content (AvgIpc) is 3.18. The average molecular weight is 363 g/mol. The van der Waals surface area contributed by atoms with E-state index >= 15 is 0 Å². The molecular weight excluding hydrogens is 338 g/mol. The summed E-state index contributed by atoms with van der Waals surface area (Å²) >= 11 is 0. The minimum atomic E-state index is -0.0826. The quantitative estimate of drug-likeness (QED) is 0.819. The summed E-state index contributed by atoms with van der Waals surface area (Å²) < 4.78 is 5.80. The van der Waals surface area contributed by atoms with Crippen molar-refractivity contribution in [3.63, 3.8) is 0 Å². The number of amides is 1. The van der Waals surface area contributed by atoms with Crippen molar-refractivity contribution < 1.29 is 9.53 Å². The molecule has 0 saturated carbocycles. The first-order chi connectivity index (χ1) is 13.2. The molecule has 0 spiro atoms. The van der Waals surface area contributed by atoms with E-state index in [0.717, 1.165) is 25.1 Å². The predicted octanol–water partition coefficient (Wildman–Crippen LogP) is 3.35. The van der Waals surface area contributed by atoms with Gasteiger partial charge in [0.1, 0.15) is 12.4 Å². The monoisotopic (exact) mass is 363 g/mol. The molecule has 2 aromatic carbocycles. The summed E-state index contributed by atoms with van der Waals surface area (Å²) in [5.74, 6) is 0.535. The third-order valence-corrected chi connectivity index (χ3v) is 5.03. The lowest BCUT2D eigenvalue weighted by atomic mass is 10.1. The smallest absolute Gasteiger partial charge is 0.251 e. The maximum atomic E-state index is 12.5. The van der Waals surface area contributed by atoms with Gasteiger partial charge in [0.05, 0.1) is 11.6 Å². The van der Waals surface area contributed by atoms with Crippen LogP contribution in [0.25, 0.3) is 0 Å². The van der Waals surface area contributed by atoms with E-state index in [1.54, 1.807) is 18.2 Å². The third kappa shape index (κ3) is 4.87. The van der Waals surface area contributed by atoms with E-state index in [0.29, 0.717) is 36.1 Å². The fourth-order valence-electron chi connectivity index (χ4n) is 3.50. The molecule has 27 heavy (non-hydrogen) atoms. The second-order valence-corrected chi connectivity index (χ2v) is 6.72. The van der Waals surface area contributed by atoms with Crippen molar-refractivity contribution >= 4 is 5.91 Å². The van der Waals surface area contributed by atoms with Crippen LogP contribution in [0.2, 0.25) is 0 Å². The molecular formula is C22H25N3O2.